The molecule has 0 aliphatic carbocycles. The molecule has 1 amide bonds. The number of benzene rings is 1. The number of nitrogens with one attached hydrogen (secondary N) is 1. The van der Waals surface area contributed by atoms with E-state index in [0.29, 0.717) is 13.0 Å². The van der Waals surface area contributed by atoms with E-state index < -0.39 is 5.60 Å². The molecule has 0 atom stereocenters. The lowest BCUT2D eigenvalue weighted by Crippen LogP contribution is -2.33. The first-order valence-corrected chi connectivity index (χ1v) is 7.55. The molecule has 0 bridgehead atoms. The van der Waals surface area contributed by atoms with Gasteiger partial charge in [-0.05, 0) is 73.5 Å². The minimum Gasteiger partial charge on any atom is -0.464 e. The number of fused-ring (bicyclic) bond motifs is 1. The van der Waals surface area contributed by atoms with Gasteiger partial charge in [-0.1, -0.05) is 0 Å². The minimum atomic E-state index is -0.469. The molecule has 4 nitrogen and oxygen atoms in total. The fourth-order valence-electron chi connectivity index (χ4n) is 1.86. The summed E-state index contributed by atoms with van der Waals surface area (Å²) in [6.07, 6.45) is 2.07. The summed E-state index contributed by atoms with van der Waals surface area (Å²) in [6, 6.07) is 6.09. The zero-order valence-corrected chi connectivity index (χ0v) is 14.0. The highest BCUT2D eigenvalue weighted by Gasteiger charge is 2.15. The second-order valence-electron chi connectivity index (χ2n) is 5.58. The molecule has 0 unspecified atom stereocenters. The highest BCUT2D eigenvalue weighted by atomic mass is 127. The summed E-state index contributed by atoms with van der Waals surface area (Å²) in [5.74, 6) is 0. The van der Waals surface area contributed by atoms with Crippen molar-refractivity contribution in [2.75, 3.05) is 6.54 Å². The number of amides is 1. The molecule has 1 heterocycles. The van der Waals surface area contributed by atoms with E-state index in [1.54, 1.807) is 6.26 Å². The van der Waals surface area contributed by atoms with Gasteiger partial charge in [0.1, 0.15) is 11.2 Å². The van der Waals surface area contributed by atoms with Crippen molar-refractivity contribution in [3.63, 3.8) is 0 Å². The molecule has 0 fully saturated rings. The predicted molar refractivity (Wildman–Crippen MR) is 86.9 cm³/mol. The highest BCUT2D eigenvalue weighted by molar-refractivity contribution is 14.1. The minimum absolute atomic E-state index is 0.389. The zero-order valence-electron chi connectivity index (χ0n) is 11.8. The lowest BCUT2D eigenvalue weighted by atomic mass is 10.1. The summed E-state index contributed by atoms with van der Waals surface area (Å²) < 4.78 is 11.8. The summed E-state index contributed by atoms with van der Waals surface area (Å²) in [7, 11) is 0. The van der Waals surface area contributed by atoms with Gasteiger partial charge in [-0.25, -0.2) is 4.79 Å². The van der Waals surface area contributed by atoms with Gasteiger partial charge in [0.15, 0.2) is 0 Å². The lowest BCUT2D eigenvalue weighted by Gasteiger charge is -2.19. The molecule has 20 heavy (non-hydrogen) atoms. The molecular weight excluding hydrogens is 369 g/mol. The standard InChI is InChI=1S/C15H18INO3/c1-15(2,3)20-14(18)17-7-6-10-9-19-13-8-11(16)4-5-12(10)13/h4-5,8-9H,6-7H2,1-3H3,(H,17,18). The number of halogens is 1. The van der Waals surface area contributed by atoms with Crippen LogP contribution in [0, 0.1) is 3.57 Å². The third-order valence-corrected chi connectivity index (χ3v) is 3.35. The quantitative estimate of drug-likeness (QED) is 0.807. The molecule has 1 N–H and O–H groups in total. The maximum Gasteiger partial charge on any atom is 0.407 e. The van der Waals surface area contributed by atoms with Crippen LogP contribution in [0.5, 0.6) is 0 Å². The van der Waals surface area contributed by atoms with Gasteiger partial charge < -0.3 is 14.5 Å². The van der Waals surface area contributed by atoms with E-state index in [-0.39, 0.29) is 6.09 Å². The van der Waals surface area contributed by atoms with Crippen molar-refractivity contribution in [3.05, 3.63) is 33.6 Å². The van der Waals surface area contributed by atoms with Crippen molar-refractivity contribution in [2.24, 2.45) is 0 Å². The molecule has 2 rings (SSSR count). The van der Waals surface area contributed by atoms with Crippen molar-refractivity contribution in [3.8, 4) is 0 Å². The summed E-state index contributed by atoms with van der Waals surface area (Å²) in [5.41, 5.74) is 1.50. The van der Waals surface area contributed by atoms with Crippen LogP contribution in [-0.2, 0) is 11.2 Å². The fourth-order valence-corrected chi connectivity index (χ4v) is 2.33. The van der Waals surface area contributed by atoms with Crippen LogP contribution in [0.25, 0.3) is 11.0 Å². The van der Waals surface area contributed by atoms with Crippen molar-refractivity contribution >= 4 is 39.7 Å². The predicted octanol–water partition coefficient (Wildman–Crippen LogP) is 4.10. The van der Waals surface area contributed by atoms with E-state index in [1.165, 1.54) is 0 Å². The molecule has 0 saturated heterocycles. The van der Waals surface area contributed by atoms with Crippen molar-refractivity contribution in [1.82, 2.24) is 5.32 Å². The molecule has 2 aromatic rings. The topological polar surface area (TPSA) is 51.5 Å². The van der Waals surface area contributed by atoms with Gasteiger partial charge in [-0.2, -0.15) is 0 Å². The Morgan fingerprint density at radius 2 is 2.15 bits per heavy atom. The molecular formula is C15H18INO3. The summed E-state index contributed by atoms with van der Waals surface area (Å²) >= 11 is 2.25. The van der Waals surface area contributed by atoms with Crippen LogP contribution in [0.1, 0.15) is 26.3 Å². The lowest BCUT2D eigenvalue weighted by molar-refractivity contribution is 0.0528. The van der Waals surface area contributed by atoms with Crippen LogP contribution in [0.3, 0.4) is 0 Å². The number of alkyl carbamates (subject to hydrolysis) is 1. The molecule has 1 aromatic carbocycles. The van der Waals surface area contributed by atoms with Gasteiger partial charge in [0.25, 0.3) is 0 Å². The van der Waals surface area contributed by atoms with Crippen molar-refractivity contribution in [1.29, 1.82) is 0 Å². The first-order chi connectivity index (χ1) is 9.35. The van der Waals surface area contributed by atoms with Crippen molar-refractivity contribution < 1.29 is 13.9 Å². The molecule has 0 saturated carbocycles. The maximum absolute atomic E-state index is 11.5. The Morgan fingerprint density at radius 3 is 2.85 bits per heavy atom. The largest absolute Gasteiger partial charge is 0.464 e. The van der Waals surface area contributed by atoms with Gasteiger partial charge in [0.2, 0.25) is 0 Å². The Balaban J connectivity index is 1.92. The smallest absolute Gasteiger partial charge is 0.407 e. The first kappa shape index (κ1) is 15.2. The monoisotopic (exact) mass is 387 g/mol. The Kier molecular flexibility index (Phi) is 4.57. The van der Waals surface area contributed by atoms with E-state index in [2.05, 4.69) is 27.9 Å². The van der Waals surface area contributed by atoms with E-state index in [4.69, 9.17) is 9.15 Å². The average Bonchev–Trinajstić information content (AvgIpc) is 2.69. The molecule has 0 aliphatic heterocycles. The summed E-state index contributed by atoms with van der Waals surface area (Å²) in [6.45, 7) is 6.06. The number of carbonyl (C=O) groups excluding carboxylic acids is 1. The van der Waals surface area contributed by atoms with Crippen molar-refractivity contribution in [2.45, 2.75) is 32.8 Å². The number of ether oxygens (including phenoxy) is 1. The van der Waals surface area contributed by atoms with Crippen LogP contribution in [0.4, 0.5) is 4.79 Å². The number of hydrogen-bond acceptors (Lipinski definition) is 3. The zero-order chi connectivity index (χ0) is 14.8. The van der Waals surface area contributed by atoms with Crippen LogP contribution >= 0.6 is 22.6 Å². The third kappa shape index (κ3) is 4.13. The first-order valence-electron chi connectivity index (χ1n) is 6.47. The van der Waals surface area contributed by atoms with E-state index >= 15 is 0 Å². The van der Waals surface area contributed by atoms with Gasteiger partial charge in [0, 0.05) is 15.5 Å². The normalized spacial score (nSPS) is 11.6. The van der Waals surface area contributed by atoms with E-state index in [0.717, 1.165) is 20.1 Å². The molecule has 0 aliphatic rings. The molecule has 0 spiro atoms. The maximum atomic E-state index is 11.5. The Morgan fingerprint density at radius 1 is 1.40 bits per heavy atom. The Bertz CT molecular complexity index is 613. The van der Waals surface area contributed by atoms with Crippen LogP contribution in [0.15, 0.2) is 28.9 Å². The van der Waals surface area contributed by atoms with Gasteiger partial charge >= 0.3 is 6.09 Å². The van der Waals surface area contributed by atoms with Crippen LogP contribution in [0.2, 0.25) is 0 Å². The van der Waals surface area contributed by atoms with Gasteiger partial charge in [-0.15, -0.1) is 0 Å². The van der Waals surface area contributed by atoms with Gasteiger partial charge in [0.05, 0.1) is 6.26 Å². The van der Waals surface area contributed by atoms with Crippen LogP contribution in [-0.4, -0.2) is 18.2 Å². The molecule has 0 radical (unpaired) electrons. The second kappa shape index (κ2) is 6.03. The summed E-state index contributed by atoms with van der Waals surface area (Å²) in [4.78, 5) is 11.5. The number of furan rings is 1. The second-order valence-corrected chi connectivity index (χ2v) is 6.83. The Labute approximate surface area is 132 Å². The van der Waals surface area contributed by atoms with E-state index in [9.17, 15) is 4.79 Å². The van der Waals surface area contributed by atoms with Gasteiger partial charge in [-0.3, -0.25) is 0 Å². The number of hydrogen-bond donors (Lipinski definition) is 1. The van der Waals surface area contributed by atoms with E-state index in [1.807, 2.05) is 39.0 Å². The average molecular weight is 387 g/mol. The molecule has 1 aromatic heterocycles. The van der Waals surface area contributed by atoms with Crippen LogP contribution < -0.4 is 5.32 Å². The molecule has 108 valence electrons. The third-order valence-electron chi connectivity index (χ3n) is 2.68. The summed E-state index contributed by atoms with van der Waals surface area (Å²) in [5, 5.41) is 3.84. The number of rotatable bonds is 3. The highest BCUT2D eigenvalue weighted by Crippen LogP contribution is 2.23. The Hall–Kier alpha value is -1.24. The fraction of sp³-hybridized carbons (Fsp3) is 0.400. The number of carbonyl (C=O) groups is 1. The SMILES string of the molecule is CC(C)(C)OC(=O)NCCc1coc2cc(I)ccc12. The molecule has 5 heteroatoms.